The number of hydrogen-bond donors (Lipinski definition) is 2. The fourth-order valence-electron chi connectivity index (χ4n) is 3.02. The van der Waals surface area contributed by atoms with Gasteiger partial charge in [-0.05, 0) is 52.9 Å². The summed E-state index contributed by atoms with van der Waals surface area (Å²) in [4.78, 5) is 38.1. The van der Waals surface area contributed by atoms with Crippen LogP contribution in [0.2, 0.25) is 0 Å². The molecule has 0 saturated carbocycles. The standard InChI is InChI=1S/C19H35N3O5/c1-7-26-17(24)21-14(11-13(2)3)12-20-16(23)15-9-8-10-22(15)18(25)27-19(4,5)6/h13-15H,7-12H2,1-6H3,(H,20,23)(H,21,24). The topological polar surface area (TPSA) is 97.0 Å². The lowest BCUT2D eigenvalue weighted by molar-refractivity contribution is -0.125. The largest absolute Gasteiger partial charge is 0.450 e. The van der Waals surface area contributed by atoms with E-state index in [4.69, 9.17) is 9.47 Å². The molecule has 0 bridgehead atoms. The second-order valence-corrected chi connectivity index (χ2v) is 8.27. The molecule has 0 aliphatic carbocycles. The van der Waals surface area contributed by atoms with E-state index >= 15 is 0 Å². The Morgan fingerprint density at radius 3 is 2.44 bits per heavy atom. The summed E-state index contributed by atoms with van der Waals surface area (Å²) in [6.07, 6.45) is 1.11. The Hall–Kier alpha value is -1.99. The van der Waals surface area contributed by atoms with E-state index in [1.54, 1.807) is 27.7 Å². The molecule has 156 valence electrons. The van der Waals surface area contributed by atoms with Gasteiger partial charge in [0.05, 0.1) is 6.61 Å². The van der Waals surface area contributed by atoms with E-state index in [1.807, 2.05) is 13.8 Å². The van der Waals surface area contributed by atoms with Crippen LogP contribution in [-0.4, -0.2) is 60.4 Å². The molecule has 1 saturated heterocycles. The average molecular weight is 386 g/mol. The summed E-state index contributed by atoms with van der Waals surface area (Å²) in [6.45, 7) is 12.3. The van der Waals surface area contributed by atoms with Gasteiger partial charge >= 0.3 is 12.2 Å². The molecular weight excluding hydrogens is 350 g/mol. The van der Waals surface area contributed by atoms with Crippen molar-refractivity contribution < 1.29 is 23.9 Å². The summed E-state index contributed by atoms with van der Waals surface area (Å²) in [5.74, 6) is 0.122. The van der Waals surface area contributed by atoms with Crippen molar-refractivity contribution in [3.05, 3.63) is 0 Å². The average Bonchev–Trinajstić information content (AvgIpc) is 3.00. The summed E-state index contributed by atoms with van der Waals surface area (Å²) >= 11 is 0. The molecule has 2 atom stereocenters. The van der Waals surface area contributed by atoms with Crippen molar-refractivity contribution in [3.63, 3.8) is 0 Å². The first-order valence-electron chi connectivity index (χ1n) is 9.74. The van der Waals surface area contributed by atoms with E-state index in [0.29, 0.717) is 31.9 Å². The third kappa shape index (κ3) is 8.49. The van der Waals surface area contributed by atoms with Gasteiger partial charge in [0.2, 0.25) is 5.91 Å². The summed E-state index contributed by atoms with van der Waals surface area (Å²) in [5.41, 5.74) is -0.605. The van der Waals surface area contributed by atoms with Gasteiger partial charge in [-0.2, -0.15) is 0 Å². The molecule has 3 amide bonds. The lowest BCUT2D eigenvalue weighted by atomic mass is 10.0. The van der Waals surface area contributed by atoms with Crippen molar-refractivity contribution in [1.82, 2.24) is 15.5 Å². The highest BCUT2D eigenvalue weighted by molar-refractivity contribution is 5.86. The van der Waals surface area contributed by atoms with E-state index < -0.39 is 23.8 Å². The molecule has 1 fully saturated rings. The summed E-state index contributed by atoms with van der Waals surface area (Å²) in [7, 11) is 0. The molecule has 0 spiro atoms. The fraction of sp³-hybridized carbons (Fsp3) is 0.842. The first-order chi connectivity index (χ1) is 12.5. The van der Waals surface area contributed by atoms with E-state index in [9.17, 15) is 14.4 Å². The number of nitrogens with one attached hydrogen (secondary N) is 2. The van der Waals surface area contributed by atoms with E-state index in [-0.39, 0.29) is 18.5 Å². The summed E-state index contributed by atoms with van der Waals surface area (Å²) in [5, 5.41) is 5.65. The molecular formula is C19H35N3O5. The molecule has 1 aliphatic rings. The van der Waals surface area contributed by atoms with Crippen LogP contribution in [0.3, 0.4) is 0 Å². The molecule has 0 aromatic rings. The lowest BCUT2D eigenvalue weighted by Gasteiger charge is -2.28. The van der Waals surface area contributed by atoms with Crippen molar-refractivity contribution in [3.8, 4) is 0 Å². The minimum Gasteiger partial charge on any atom is -0.450 e. The number of rotatable bonds is 7. The Bertz CT molecular complexity index is 516. The number of nitrogens with zero attached hydrogens (tertiary/aromatic N) is 1. The maximum atomic E-state index is 12.6. The monoisotopic (exact) mass is 385 g/mol. The van der Waals surface area contributed by atoms with Crippen molar-refractivity contribution in [2.75, 3.05) is 19.7 Å². The highest BCUT2D eigenvalue weighted by Crippen LogP contribution is 2.21. The maximum Gasteiger partial charge on any atom is 0.410 e. The van der Waals surface area contributed by atoms with Crippen molar-refractivity contribution in [2.45, 2.75) is 78.5 Å². The molecule has 0 radical (unpaired) electrons. The third-order valence-corrected chi connectivity index (χ3v) is 4.06. The van der Waals surface area contributed by atoms with Crippen molar-refractivity contribution in [1.29, 1.82) is 0 Å². The van der Waals surface area contributed by atoms with Crippen LogP contribution in [0.4, 0.5) is 9.59 Å². The lowest BCUT2D eigenvalue weighted by Crippen LogP contribution is -2.51. The second-order valence-electron chi connectivity index (χ2n) is 8.27. The van der Waals surface area contributed by atoms with Gasteiger partial charge in [0.25, 0.3) is 0 Å². The van der Waals surface area contributed by atoms with Crippen LogP contribution in [0.15, 0.2) is 0 Å². The highest BCUT2D eigenvalue weighted by atomic mass is 16.6. The maximum absolute atomic E-state index is 12.6. The van der Waals surface area contributed by atoms with Crippen LogP contribution in [0.1, 0.15) is 60.8 Å². The van der Waals surface area contributed by atoms with Gasteiger partial charge in [-0.25, -0.2) is 9.59 Å². The Morgan fingerprint density at radius 2 is 1.89 bits per heavy atom. The molecule has 1 heterocycles. The highest BCUT2D eigenvalue weighted by Gasteiger charge is 2.36. The number of likely N-dealkylation sites (tertiary alicyclic amines) is 1. The normalized spacial score (nSPS) is 18.2. The van der Waals surface area contributed by atoms with Gasteiger partial charge in [-0.3, -0.25) is 9.69 Å². The van der Waals surface area contributed by atoms with Gasteiger partial charge in [0.15, 0.2) is 0 Å². The van der Waals surface area contributed by atoms with Crippen molar-refractivity contribution in [2.24, 2.45) is 5.92 Å². The molecule has 0 aromatic heterocycles. The van der Waals surface area contributed by atoms with Gasteiger partial charge in [-0.1, -0.05) is 13.8 Å². The van der Waals surface area contributed by atoms with Crippen LogP contribution in [-0.2, 0) is 14.3 Å². The minimum absolute atomic E-state index is 0.224. The zero-order valence-corrected chi connectivity index (χ0v) is 17.5. The Kier molecular flexibility index (Phi) is 8.85. The third-order valence-electron chi connectivity index (χ3n) is 4.06. The van der Waals surface area contributed by atoms with Crippen LogP contribution in [0.5, 0.6) is 0 Å². The van der Waals surface area contributed by atoms with Crippen LogP contribution >= 0.6 is 0 Å². The number of amides is 3. The zero-order chi connectivity index (χ0) is 20.6. The quantitative estimate of drug-likeness (QED) is 0.702. The Morgan fingerprint density at radius 1 is 1.22 bits per heavy atom. The summed E-state index contributed by atoms with van der Waals surface area (Å²) in [6, 6.07) is -0.772. The smallest absolute Gasteiger partial charge is 0.410 e. The molecule has 8 nitrogen and oxygen atoms in total. The molecule has 1 rings (SSSR count). The van der Waals surface area contributed by atoms with E-state index in [1.165, 1.54) is 4.90 Å². The Labute approximate surface area is 162 Å². The van der Waals surface area contributed by atoms with Gasteiger partial charge in [-0.15, -0.1) is 0 Å². The number of ether oxygens (including phenoxy) is 2. The van der Waals surface area contributed by atoms with E-state index in [2.05, 4.69) is 10.6 Å². The summed E-state index contributed by atoms with van der Waals surface area (Å²) < 4.78 is 10.3. The number of hydrogen-bond acceptors (Lipinski definition) is 5. The molecule has 2 N–H and O–H groups in total. The predicted molar refractivity (Wildman–Crippen MR) is 102 cm³/mol. The van der Waals surface area contributed by atoms with E-state index in [0.717, 1.165) is 6.42 Å². The molecule has 27 heavy (non-hydrogen) atoms. The van der Waals surface area contributed by atoms with Gasteiger partial charge in [0.1, 0.15) is 11.6 Å². The van der Waals surface area contributed by atoms with Gasteiger partial charge < -0.3 is 20.1 Å². The number of carbonyl (C=O) groups excluding carboxylic acids is 3. The molecule has 8 heteroatoms. The second kappa shape index (κ2) is 10.4. The SMILES string of the molecule is CCOC(=O)NC(CNC(=O)C1CCCN1C(=O)OC(C)(C)C)CC(C)C. The first-order valence-corrected chi connectivity index (χ1v) is 9.74. The van der Waals surface area contributed by atoms with Crippen molar-refractivity contribution >= 4 is 18.1 Å². The first kappa shape index (κ1) is 23.0. The van der Waals surface area contributed by atoms with Crippen LogP contribution < -0.4 is 10.6 Å². The predicted octanol–water partition coefficient (Wildman–Crippen LogP) is 2.66. The number of carbonyl (C=O) groups is 3. The van der Waals surface area contributed by atoms with Crippen LogP contribution in [0.25, 0.3) is 0 Å². The fourth-order valence-corrected chi connectivity index (χ4v) is 3.02. The minimum atomic E-state index is -0.605. The zero-order valence-electron chi connectivity index (χ0n) is 17.5. The van der Waals surface area contributed by atoms with Crippen LogP contribution in [0, 0.1) is 5.92 Å². The Balaban J connectivity index is 2.63. The molecule has 1 aliphatic heterocycles. The molecule has 2 unspecified atom stereocenters. The molecule has 0 aromatic carbocycles. The van der Waals surface area contributed by atoms with Gasteiger partial charge in [0, 0.05) is 19.1 Å². The number of alkyl carbamates (subject to hydrolysis) is 1.